The summed E-state index contributed by atoms with van der Waals surface area (Å²) in [6.45, 7) is 2.03. The predicted molar refractivity (Wildman–Crippen MR) is 92.4 cm³/mol. The van der Waals surface area contributed by atoms with Crippen LogP contribution in [0, 0.1) is 17.6 Å². The summed E-state index contributed by atoms with van der Waals surface area (Å²) in [6, 6.07) is 4.02. The molecule has 1 aliphatic carbocycles. The lowest BCUT2D eigenvalue weighted by atomic mass is 9.78. The van der Waals surface area contributed by atoms with E-state index in [1.165, 1.54) is 18.2 Å². The number of hydrogen-bond acceptors (Lipinski definition) is 2. The van der Waals surface area contributed by atoms with Crippen LogP contribution in [0.4, 0.5) is 8.78 Å². The van der Waals surface area contributed by atoms with Gasteiger partial charge >= 0.3 is 0 Å². The van der Waals surface area contributed by atoms with Gasteiger partial charge in [-0.05, 0) is 50.9 Å². The second-order valence-electron chi connectivity index (χ2n) is 6.83. The molecule has 0 bridgehead atoms. The molecule has 1 amide bonds. The maximum Gasteiger partial charge on any atom is 0.223 e. The van der Waals surface area contributed by atoms with Crippen molar-refractivity contribution in [2.45, 2.75) is 43.9 Å². The van der Waals surface area contributed by atoms with Crippen LogP contribution in [0.25, 0.3) is 0 Å². The summed E-state index contributed by atoms with van der Waals surface area (Å²) in [6.07, 6.45) is 4.97. The second-order valence-corrected chi connectivity index (χ2v) is 6.83. The van der Waals surface area contributed by atoms with Crippen LogP contribution in [0.1, 0.15) is 44.1 Å². The molecular formula is C18H25ClF2N2O. The highest BCUT2D eigenvalue weighted by Crippen LogP contribution is 2.42. The van der Waals surface area contributed by atoms with Crippen LogP contribution < -0.4 is 10.6 Å². The molecule has 3 nitrogen and oxygen atoms in total. The number of piperidine rings is 1. The Kier molecular flexibility index (Phi) is 6.58. The molecule has 1 saturated heterocycles. The molecule has 0 atom stereocenters. The average molecular weight is 359 g/mol. The Morgan fingerprint density at radius 3 is 2.33 bits per heavy atom. The van der Waals surface area contributed by atoms with E-state index in [0.717, 1.165) is 51.6 Å². The zero-order valence-electron chi connectivity index (χ0n) is 13.7. The van der Waals surface area contributed by atoms with Crippen LogP contribution in [0.15, 0.2) is 18.2 Å². The molecule has 3 rings (SSSR count). The smallest absolute Gasteiger partial charge is 0.223 e. The number of carbonyl (C=O) groups excluding carboxylic acids is 1. The first-order valence-corrected chi connectivity index (χ1v) is 8.55. The van der Waals surface area contributed by atoms with E-state index in [4.69, 9.17) is 0 Å². The van der Waals surface area contributed by atoms with Gasteiger partial charge in [0, 0.05) is 23.4 Å². The Hall–Kier alpha value is -1.20. The molecule has 1 saturated carbocycles. The van der Waals surface area contributed by atoms with Crippen LogP contribution in [-0.4, -0.2) is 25.5 Å². The first-order valence-electron chi connectivity index (χ1n) is 8.55. The summed E-state index contributed by atoms with van der Waals surface area (Å²) < 4.78 is 28.5. The van der Waals surface area contributed by atoms with Gasteiger partial charge in [-0.25, -0.2) is 8.78 Å². The van der Waals surface area contributed by atoms with Gasteiger partial charge in [0.15, 0.2) is 0 Å². The Labute approximate surface area is 148 Å². The van der Waals surface area contributed by atoms with Crippen LogP contribution in [-0.2, 0) is 10.2 Å². The Bertz CT molecular complexity index is 550. The summed E-state index contributed by atoms with van der Waals surface area (Å²) in [4.78, 5) is 12.4. The number of amides is 1. The van der Waals surface area contributed by atoms with Crippen LogP contribution in [0.2, 0.25) is 0 Å². The predicted octanol–water partition coefficient (Wildman–Crippen LogP) is 3.31. The molecule has 24 heavy (non-hydrogen) atoms. The van der Waals surface area contributed by atoms with Gasteiger partial charge in [-0.3, -0.25) is 4.79 Å². The number of nitrogens with one attached hydrogen (secondary N) is 2. The van der Waals surface area contributed by atoms with Gasteiger partial charge in [-0.15, -0.1) is 12.4 Å². The minimum Gasteiger partial charge on any atom is -0.355 e. The number of halogens is 3. The zero-order chi connectivity index (χ0) is 16.3. The van der Waals surface area contributed by atoms with Gasteiger partial charge < -0.3 is 10.6 Å². The van der Waals surface area contributed by atoms with Crippen molar-refractivity contribution in [3.8, 4) is 0 Å². The molecule has 1 aromatic rings. The Morgan fingerprint density at radius 1 is 1.17 bits per heavy atom. The van der Waals surface area contributed by atoms with Crippen LogP contribution in [0.3, 0.4) is 0 Å². The van der Waals surface area contributed by atoms with Gasteiger partial charge in [-0.2, -0.15) is 0 Å². The molecule has 0 aromatic heterocycles. The van der Waals surface area contributed by atoms with E-state index in [2.05, 4.69) is 10.6 Å². The van der Waals surface area contributed by atoms with Crippen LogP contribution in [0.5, 0.6) is 0 Å². The fourth-order valence-corrected chi connectivity index (χ4v) is 4.06. The van der Waals surface area contributed by atoms with Crippen molar-refractivity contribution >= 4 is 18.3 Å². The number of carbonyl (C=O) groups is 1. The van der Waals surface area contributed by atoms with E-state index in [-0.39, 0.29) is 29.8 Å². The number of hydrogen-bond donors (Lipinski definition) is 2. The topological polar surface area (TPSA) is 41.1 Å². The van der Waals surface area contributed by atoms with Crippen molar-refractivity contribution in [2.75, 3.05) is 19.6 Å². The van der Waals surface area contributed by atoms with E-state index in [0.29, 0.717) is 6.54 Å². The quantitative estimate of drug-likeness (QED) is 0.867. The average Bonchev–Trinajstić information content (AvgIpc) is 3.03. The van der Waals surface area contributed by atoms with Crippen LogP contribution >= 0.6 is 12.4 Å². The molecule has 2 aliphatic rings. The van der Waals surface area contributed by atoms with E-state index in [9.17, 15) is 13.6 Å². The molecular weight excluding hydrogens is 334 g/mol. The highest BCUT2D eigenvalue weighted by Gasteiger charge is 2.40. The molecule has 1 aromatic carbocycles. The molecule has 1 heterocycles. The highest BCUT2D eigenvalue weighted by molar-refractivity contribution is 5.85. The Morgan fingerprint density at radius 2 is 1.75 bits per heavy atom. The minimum atomic E-state index is -0.599. The first kappa shape index (κ1) is 19.1. The van der Waals surface area contributed by atoms with Crippen molar-refractivity contribution in [1.82, 2.24) is 10.6 Å². The fourth-order valence-electron chi connectivity index (χ4n) is 4.06. The molecule has 2 fully saturated rings. The van der Waals surface area contributed by atoms with Crippen molar-refractivity contribution in [2.24, 2.45) is 5.92 Å². The lowest BCUT2D eigenvalue weighted by Crippen LogP contribution is -2.44. The number of rotatable bonds is 4. The largest absolute Gasteiger partial charge is 0.355 e. The third-order valence-electron chi connectivity index (χ3n) is 5.36. The number of benzene rings is 1. The molecule has 0 unspecified atom stereocenters. The lowest BCUT2D eigenvalue weighted by Gasteiger charge is -2.32. The third-order valence-corrected chi connectivity index (χ3v) is 5.36. The highest BCUT2D eigenvalue weighted by atomic mass is 35.5. The second kappa shape index (κ2) is 8.26. The summed E-state index contributed by atoms with van der Waals surface area (Å²) in [5.41, 5.74) is -0.444. The van der Waals surface area contributed by atoms with Gasteiger partial charge in [0.2, 0.25) is 5.91 Å². The van der Waals surface area contributed by atoms with Crippen molar-refractivity contribution in [1.29, 1.82) is 0 Å². The molecule has 6 heteroatoms. The fraction of sp³-hybridized carbons (Fsp3) is 0.611. The lowest BCUT2D eigenvalue weighted by molar-refractivity contribution is -0.126. The summed E-state index contributed by atoms with van der Waals surface area (Å²) in [5, 5.41) is 6.22. The van der Waals surface area contributed by atoms with Crippen molar-refractivity contribution in [3.63, 3.8) is 0 Å². The molecule has 2 N–H and O–H groups in total. The van der Waals surface area contributed by atoms with Gasteiger partial charge in [0.25, 0.3) is 0 Å². The monoisotopic (exact) mass is 358 g/mol. The molecule has 1 aliphatic heterocycles. The Balaban J connectivity index is 0.00000208. The van der Waals surface area contributed by atoms with Gasteiger partial charge in [0.05, 0.1) is 0 Å². The maximum atomic E-state index is 14.3. The van der Waals surface area contributed by atoms with Gasteiger partial charge in [0.1, 0.15) is 11.6 Å². The zero-order valence-corrected chi connectivity index (χ0v) is 14.6. The maximum absolute atomic E-state index is 14.3. The summed E-state index contributed by atoms with van der Waals surface area (Å²) >= 11 is 0. The van der Waals surface area contributed by atoms with E-state index in [1.54, 1.807) is 0 Å². The standard InChI is InChI=1S/C18H24F2N2O.ClH/c19-14-4-3-5-15(20)16(14)18(8-1-2-9-18)12-22-17(23)13-6-10-21-11-7-13;/h3-5,13,21H,1-2,6-12H2,(H,22,23);1H. The van der Waals surface area contributed by atoms with Crippen molar-refractivity contribution in [3.05, 3.63) is 35.4 Å². The normalized spacial score (nSPS) is 20.4. The van der Waals surface area contributed by atoms with Crippen molar-refractivity contribution < 1.29 is 13.6 Å². The summed E-state index contributed by atoms with van der Waals surface area (Å²) in [5.74, 6) is -0.958. The SMILES string of the molecule is Cl.O=C(NCC1(c2c(F)cccc2F)CCCC1)C1CCNCC1. The van der Waals surface area contributed by atoms with E-state index >= 15 is 0 Å². The molecule has 0 spiro atoms. The summed E-state index contributed by atoms with van der Waals surface area (Å²) in [7, 11) is 0. The van der Waals surface area contributed by atoms with Gasteiger partial charge in [-0.1, -0.05) is 18.9 Å². The molecule has 134 valence electrons. The van der Waals surface area contributed by atoms with E-state index < -0.39 is 17.0 Å². The van der Waals surface area contributed by atoms with E-state index in [1.807, 2.05) is 0 Å². The first-order chi connectivity index (χ1) is 11.1. The molecule has 0 radical (unpaired) electrons. The minimum absolute atomic E-state index is 0. The third kappa shape index (κ3) is 3.89.